The smallest absolute Gasteiger partial charge is 0.335 e. The van der Waals surface area contributed by atoms with E-state index in [1.54, 1.807) is 13.2 Å². The van der Waals surface area contributed by atoms with Crippen LogP contribution in [0.15, 0.2) is 18.2 Å². The summed E-state index contributed by atoms with van der Waals surface area (Å²) in [6.07, 6.45) is 0. The van der Waals surface area contributed by atoms with Gasteiger partial charge >= 0.3 is 5.97 Å². The highest BCUT2D eigenvalue weighted by Crippen LogP contribution is 2.13. The van der Waals surface area contributed by atoms with E-state index in [-0.39, 0.29) is 18.0 Å². The summed E-state index contributed by atoms with van der Waals surface area (Å²) in [4.78, 5) is 22.6. The summed E-state index contributed by atoms with van der Waals surface area (Å²) in [7, 11) is 1.55. The standard InChI is InChI=1S/C12H14N4O4/c1-20-5-4-13-11(17)7-16-10-6-8(12(18)19)2-3-9(10)14-15-16/h2-3,6H,4-5,7H2,1H3,(H,13,17)(H,18,19). The molecule has 0 saturated heterocycles. The average Bonchev–Trinajstić information content (AvgIpc) is 2.81. The lowest BCUT2D eigenvalue weighted by molar-refractivity contribution is -0.122. The number of nitrogens with one attached hydrogen (secondary N) is 1. The van der Waals surface area contributed by atoms with Crippen molar-refractivity contribution in [2.45, 2.75) is 6.54 Å². The van der Waals surface area contributed by atoms with Crippen LogP contribution in [-0.2, 0) is 16.1 Å². The van der Waals surface area contributed by atoms with Gasteiger partial charge in [0.2, 0.25) is 5.91 Å². The monoisotopic (exact) mass is 278 g/mol. The number of aromatic nitrogens is 3. The Kier molecular flexibility index (Phi) is 4.26. The molecule has 0 radical (unpaired) electrons. The first kappa shape index (κ1) is 13.9. The van der Waals surface area contributed by atoms with Crippen LogP contribution in [0.4, 0.5) is 0 Å². The summed E-state index contributed by atoms with van der Waals surface area (Å²) in [5.41, 5.74) is 1.17. The molecular weight excluding hydrogens is 264 g/mol. The highest BCUT2D eigenvalue weighted by Gasteiger charge is 2.11. The normalized spacial score (nSPS) is 10.7. The molecular formula is C12H14N4O4. The molecule has 0 aliphatic carbocycles. The molecule has 0 saturated carbocycles. The van der Waals surface area contributed by atoms with Gasteiger partial charge in [-0.2, -0.15) is 0 Å². The lowest BCUT2D eigenvalue weighted by Gasteiger charge is -2.05. The van der Waals surface area contributed by atoms with Crippen LogP contribution in [0.3, 0.4) is 0 Å². The molecule has 0 spiro atoms. The predicted octanol–water partition coefficient (Wildman–Crippen LogP) is -0.108. The van der Waals surface area contributed by atoms with E-state index in [4.69, 9.17) is 9.84 Å². The quantitative estimate of drug-likeness (QED) is 0.714. The number of nitrogens with zero attached hydrogens (tertiary/aromatic N) is 3. The zero-order chi connectivity index (χ0) is 14.5. The summed E-state index contributed by atoms with van der Waals surface area (Å²) >= 11 is 0. The Labute approximate surface area is 114 Å². The highest BCUT2D eigenvalue weighted by atomic mass is 16.5. The van der Waals surface area contributed by atoms with Crippen molar-refractivity contribution >= 4 is 22.9 Å². The molecule has 1 amide bonds. The van der Waals surface area contributed by atoms with Gasteiger partial charge in [-0.15, -0.1) is 5.10 Å². The van der Waals surface area contributed by atoms with Gasteiger partial charge in [0.25, 0.3) is 0 Å². The number of carbonyl (C=O) groups excluding carboxylic acids is 1. The molecule has 1 aromatic carbocycles. The fourth-order valence-electron chi connectivity index (χ4n) is 1.70. The van der Waals surface area contributed by atoms with Gasteiger partial charge in [-0.1, -0.05) is 5.21 Å². The van der Waals surface area contributed by atoms with Crippen molar-refractivity contribution in [2.75, 3.05) is 20.3 Å². The van der Waals surface area contributed by atoms with Crippen molar-refractivity contribution in [3.63, 3.8) is 0 Å². The Morgan fingerprint density at radius 1 is 1.45 bits per heavy atom. The van der Waals surface area contributed by atoms with Crippen LogP contribution in [0.1, 0.15) is 10.4 Å². The highest BCUT2D eigenvalue weighted by molar-refractivity contribution is 5.92. The van der Waals surface area contributed by atoms with Crippen molar-refractivity contribution < 1.29 is 19.4 Å². The molecule has 0 aliphatic rings. The summed E-state index contributed by atoms with van der Waals surface area (Å²) < 4.78 is 6.19. The zero-order valence-electron chi connectivity index (χ0n) is 10.9. The Morgan fingerprint density at radius 2 is 2.25 bits per heavy atom. The van der Waals surface area contributed by atoms with Crippen molar-refractivity contribution in [1.29, 1.82) is 0 Å². The van der Waals surface area contributed by atoms with E-state index >= 15 is 0 Å². The van der Waals surface area contributed by atoms with Crippen LogP contribution in [-0.4, -0.2) is 52.2 Å². The number of hydrogen-bond donors (Lipinski definition) is 2. The van der Waals surface area contributed by atoms with Crippen molar-refractivity contribution in [3.05, 3.63) is 23.8 Å². The first-order valence-electron chi connectivity index (χ1n) is 5.94. The lowest BCUT2D eigenvalue weighted by Crippen LogP contribution is -2.30. The first-order valence-corrected chi connectivity index (χ1v) is 5.94. The van der Waals surface area contributed by atoms with E-state index in [9.17, 15) is 9.59 Å². The zero-order valence-corrected chi connectivity index (χ0v) is 10.9. The minimum atomic E-state index is -1.04. The fraction of sp³-hybridized carbons (Fsp3) is 0.333. The Morgan fingerprint density at radius 3 is 2.95 bits per heavy atom. The summed E-state index contributed by atoms with van der Waals surface area (Å²) in [5, 5.41) is 19.3. The van der Waals surface area contributed by atoms with Crippen LogP contribution in [0.25, 0.3) is 11.0 Å². The van der Waals surface area contributed by atoms with Gasteiger partial charge in [0, 0.05) is 13.7 Å². The molecule has 20 heavy (non-hydrogen) atoms. The molecule has 1 aromatic heterocycles. The van der Waals surface area contributed by atoms with Crippen LogP contribution < -0.4 is 5.32 Å². The summed E-state index contributed by atoms with van der Waals surface area (Å²) in [6, 6.07) is 4.45. The number of methoxy groups -OCH3 is 1. The van der Waals surface area contributed by atoms with E-state index in [0.717, 1.165) is 0 Å². The largest absolute Gasteiger partial charge is 0.478 e. The van der Waals surface area contributed by atoms with E-state index in [0.29, 0.717) is 24.2 Å². The number of carboxylic acids is 1. The van der Waals surface area contributed by atoms with E-state index in [1.807, 2.05) is 0 Å². The molecule has 106 valence electrons. The third-order valence-corrected chi connectivity index (χ3v) is 2.68. The third kappa shape index (κ3) is 3.09. The second-order valence-electron chi connectivity index (χ2n) is 4.10. The van der Waals surface area contributed by atoms with E-state index < -0.39 is 5.97 Å². The molecule has 2 N–H and O–H groups in total. The van der Waals surface area contributed by atoms with Crippen LogP contribution in [0.5, 0.6) is 0 Å². The van der Waals surface area contributed by atoms with E-state index in [1.165, 1.54) is 16.8 Å². The van der Waals surface area contributed by atoms with Crippen LogP contribution >= 0.6 is 0 Å². The van der Waals surface area contributed by atoms with Crippen molar-refractivity contribution in [1.82, 2.24) is 20.3 Å². The van der Waals surface area contributed by atoms with Gasteiger partial charge in [0.1, 0.15) is 12.1 Å². The minimum absolute atomic E-state index is 0.0245. The maximum absolute atomic E-state index is 11.7. The van der Waals surface area contributed by atoms with Crippen molar-refractivity contribution in [2.24, 2.45) is 0 Å². The minimum Gasteiger partial charge on any atom is -0.478 e. The average molecular weight is 278 g/mol. The maximum Gasteiger partial charge on any atom is 0.335 e. The molecule has 0 bridgehead atoms. The number of benzene rings is 1. The molecule has 8 heteroatoms. The maximum atomic E-state index is 11.7. The Bertz CT molecular complexity index is 637. The molecule has 2 rings (SSSR count). The van der Waals surface area contributed by atoms with Gasteiger partial charge in [0.05, 0.1) is 17.7 Å². The summed E-state index contributed by atoms with van der Waals surface area (Å²) in [5.74, 6) is -1.28. The lowest BCUT2D eigenvalue weighted by atomic mass is 10.2. The molecule has 0 aliphatic heterocycles. The summed E-state index contributed by atoms with van der Waals surface area (Å²) in [6.45, 7) is 0.804. The molecule has 8 nitrogen and oxygen atoms in total. The van der Waals surface area contributed by atoms with Gasteiger partial charge < -0.3 is 15.2 Å². The number of carboxylic acid groups (broad SMARTS) is 1. The number of rotatable bonds is 6. The van der Waals surface area contributed by atoms with Crippen LogP contribution in [0.2, 0.25) is 0 Å². The Hall–Kier alpha value is -2.48. The van der Waals surface area contributed by atoms with Crippen molar-refractivity contribution in [3.8, 4) is 0 Å². The topological polar surface area (TPSA) is 106 Å². The first-order chi connectivity index (χ1) is 9.61. The molecule has 2 aromatic rings. The number of ether oxygens (including phenoxy) is 1. The predicted molar refractivity (Wildman–Crippen MR) is 69.4 cm³/mol. The Balaban J connectivity index is 2.15. The second-order valence-corrected chi connectivity index (χ2v) is 4.10. The van der Waals surface area contributed by atoms with Gasteiger partial charge in [0.15, 0.2) is 0 Å². The number of amides is 1. The number of hydrogen-bond acceptors (Lipinski definition) is 5. The second kappa shape index (κ2) is 6.11. The van der Waals surface area contributed by atoms with Gasteiger partial charge in [-0.05, 0) is 18.2 Å². The SMILES string of the molecule is COCCNC(=O)Cn1nnc2ccc(C(=O)O)cc21. The molecule has 0 atom stereocenters. The number of carbonyl (C=O) groups is 2. The number of aromatic carboxylic acids is 1. The molecule has 1 heterocycles. The number of fused-ring (bicyclic) bond motifs is 1. The van der Waals surface area contributed by atoms with Crippen LogP contribution in [0, 0.1) is 0 Å². The third-order valence-electron chi connectivity index (χ3n) is 2.68. The van der Waals surface area contributed by atoms with Gasteiger partial charge in [-0.3, -0.25) is 4.79 Å². The molecule has 0 unspecified atom stereocenters. The van der Waals surface area contributed by atoms with E-state index in [2.05, 4.69) is 15.6 Å². The molecule has 0 fully saturated rings. The van der Waals surface area contributed by atoms with Gasteiger partial charge in [-0.25, -0.2) is 9.48 Å². The fourth-order valence-corrected chi connectivity index (χ4v) is 1.70.